The number of hydrogen-bond donors (Lipinski definition) is 0. The number of amides is 1. The molecule has 1 atom stereocenters. The van der Waals surface area contributed by atoms with E-state index < -0.39 is 0 Å². The summed E-state index contributed by atoms with van der Waals surface area (Å²) >= 11 is 1.64. The van der Waals surface area contributed by atoms with Crippen LogP contribution in [0.5, 0.6) is 0 Å². The zero-order valence-electron chi connectivity index (χ0n) is 15.6. The van der Waals surface area contributed by atoms with Crippen LogP contribution in [0.4, 0.5) is 0 Å². The number of carbonyl (C=O) groups is 2. The monoisotopic (exact) mass is 387 g/mol. The van der Waals surface area contributed by atoms with Crippen LogP contribution >= 0.6 is 11.3 Å². The van der Waals surface area contributed by atoms with E-state index in [2.05, 4.69) is 22.3 Å². The minimum Gasteiger partial charge on any atom is -0.466 e. The molecule has 1 unspecified atom stereocenters. The predicted octanol–water partition coefficient (Wildman–Crippen LogP) is 3.18. The van der Waals surface area contributed by atoms with Gasteiger partial charge in [0.15, 0.2) is 0 Å². The highest BCUT2D eigenvalue weighted by atomic mass is 32.1. The van der Waals surface area contributed by atoms with Crippen molar-refractivity contribution in [1.82, 2.24) is 15.1 Å². The van der Waals surface area contributed by atoms with Gasteiger partial charge in [-0.15, -0.1) is 21.5 Å². The van der Waals surface area contributed by atoms with Gasteiger partial charge in [0, 0.05) is 31.8 Å². The average molecular weight is 388 g/mol. The first-order chi connectivity index (χ1) is 13.2. The molecule has 1 aromatic heterocycles. The van der Waals surface area contributed by atoms with E-state index in [-0.39, 0.29) is 30.6 Å². The first-order valence-electron chi connectivity index (χ1n) is 9.45. The van der Waals surface area contributed by atoms with Crippen LogP contribution in [-0.2, 0) is 20.7 Å². The van der Waals surface area contributed by atoms with Crippen molar-refractivity contribution in [2.45, 2.75) is 44.9 Å². The van der Waals surface area contributed by atoms with E-state index in [9.17, 15) is 9.59 Å². The Hall–Kier alpha value is -2.28. The summed E-state index contributed by atoms with van der Waals surface area (Å²) in [6, 6.07) is 10.2. The topological polar surface area (TPSA) is 72.4 Å². The summed E-state index contributed by atoms with van der Waals surface area (Å²) in [5, 5.41) is 10.7. The van der Waals surface area contributed by atoms with Gasteiger partial charge in [-0.2, -0.15) is 0 Å². The number of esters is 1. The van der Waals surface area contributed by atoms with Crippen molar-refractivity contribution in [3.63, 3.8) is 0 Å². The van der Waals surface area contributed by atoms with Gasteiger partial charge in [-0.05, 0) is 25.3 Å². The van der Waals surface area contributed by atoms with Gasteiger partial charge >= 0.3 is 5.97 Å². The van der Waals surface area contributed by atoms with Gasteiger partial charge in [-0.25, -0.2) is 0 Å². The minimum absolute atomic E-state index is 0.0155. The second-order valence-corrected chi connectivity index (χ2v) is 7.77. The summed E-state index contributed by atoms with van der Waals surface area (Å²) < 4.78 is 4.90. The van der Waals surface area contributed by atoms with Crippen molar-refractivity contribution >= 4 is 23.2 Å². The molecule has 0 radical (unpaired) electrons. The van der Waals surface area contributed by atoms with Gasteiger partial charge in [0.05, 0.1) is 13.0 Å². The lowest BCUT2D eigenvalue weighted by atomic mass is 9.98. The highest BCUT2D eigenvalue weighted by Crippen LogP contribution is 2.30. The standard InChI is InChI=1S/C20H25N3O3S/c1-2-26-19(25)11-10-18(24)23-12-6-9-16(14-23)20-22-21-17(27-20)13-15-7-4-3-5-8-15/h3-5,7-8,16H,2,6,9-14H2,1H3. The van der Waals surface area contributed by atoms with E-state index in [0.29, 0.717) is 13.2 Å². The first kappa shape index (κ1) is 19.5. The Bertz CT molecular complexity index is 763. The van der Waals surface area contributed by atoms with Crippen molar-refractivity contribution in [1.29, 1.82) is 0 Å². The van der Waals surface area contributed by atoms with E-state index in [1.807, 2.05) is 23.1 Å². The molecule has 0 aliphatic carbocycles. The average Bonchev–Trinajstić information content (AvgIpc) is 3.16. The van der Waals surface area contributed by atoms with Gasteiger partial charge in [-0.1, -0.05) is 30.3 Å². The zero-order valence-corrected chi connectivity index (χ0v) is 16.4. The normalized spacial score (nSPS) is 16.9. The molecular weight excluding hydrogens is 362 g/mol. The Kier molecular flexibility index (Phi) is 6.92. The van der Waals surface area contributed by atoms with E-state index in [1.54, 1.807) is 18.3 Å². The maximum Gasteiger partial charge on any atom is 0.306 e. The second kappa shape index (κ2) is 9.60. The zero-order chi connectivity index (χ0) is 19.1. The Balaban J connectivity index is 1.55. The highest BCUT2D eigenvalue weighted by molar-refractivity contribution is 7.11. The molecule has 1 amide bonds. The third-order valence-corrected chi connectivity index (χ3v) is 5.74. The van der Waals surface area contributed by atoms with Crippen LogP contribution < -0.4 is 0 Å². The Morgan fingerprint density at radius 1 is 1.22 bits per heavy atom. The summed E-state index contributed by atoms with van der Waals surface area (Å²) in [5.74, 6) is -0.0665. The van der Waals surface area contributed by atoms with Crippen LogP contribution in [0, 0.1) is 0 Å². The molecule has 1 saturated heterocycles. The number of piperidine rings is 1. The van der Waals surface area contributed by atoms with Crippen molar-refractivity contribution in [3.8, 4) is 0 Å². The fourth-order valence-electron chi connectivity index (χ4n) is 3.28. The number of benzene rings is 1. The summed E-state index contributed by atoms with van der Waals surface area (Å²) in [6.45, 7) is 3.51. The molecule has 0 N–H and O–H groups in total. The number of nitrogens with zero attached hydrogens (tertiary/aromatic N) is 3. The molecule has 2 aromatic rings. The summed E-state index contributed by atoms with van der Waals surface area (Å²) in [6.07, 6.45) is 3.10. The molecule has 27 heavy (non-hydrogen) atoms. The maximum absolute atomic E-state index is 12.4. The lowest BCUT2D eigenvalue weighted by Gasteiger charge is -2.31. The van der Waals surface area contributed by atoms with E-state index >= 15 is 0 Å². The SMILES string of the molecule is CCOC(=O)CCC(=O)N1CCCC(c2nnc(Cc3ccccc3)s2)C1. The Labute approximate surface area is 163 Å². The molecule has 1 aromatic carbocycles. The van der Waals surface area contributed by atoms with Crippen molar-refractivity contribution in [2.24, 2.45) is 0 Å². The van der Waals surface area contributed by atoms with Gasteiger partial charge in [0.2, 0.25) is 5.91 Å². The molecule has 2 heterocycles. The molecule has 0 bridgehead atoms. The smallest absolute Gasteiger partial charge is 0.306 e. The number of rotatable bonds is 7. The van der Waals surface area contributed by atoms with Gasteiger partial charge in [0.1, 0.15) is 10.0 Å². The molecule has 1 aliphatic heterocycles. The molecule has 6 nitrogen and oxygen atoms in total. The summed E-state index contributed by atoms with van der Waals surface area (Å²) in [4.78, 5) is 25.7. The van der Waals surface area contributed by atoms with E-state index in [1.165, 1.54) is 5.56 Å². The highest BCUT2D eigenvalue weighted by Gasteiger charge is 2.27. The van der Waals surface area contributed by atoms with E-state index in [4.69, 9.17) is 4.74 Å². The maximum atomic E-state index is 12.4. The van der Waals surface area contributed by atoms with Gasteiger partial charge in [-0.3, -0.25) is 9.59 Å². The molecule has 0 saturated carbocycles. The van der Waals surface area contributed by atoms with Crippen LogP contribution in [0.2, 0.25) is 0 Å². The summed E-state index contributed by atoms with van der Waals surface area (Å²) in [7, 11) is 0. The quantitative estimate of drug-likeness (QED) is 0.682. The number of likely N-dealkylation sites (tertiary alicyclic amines) is 1. The second-order valence-electron chi connectivity index (χ2n) is 6.68. The molecule has 3 rings (SSSR count). The fourth-order valence-corrected chi connectivity index (χ4v) is 4.28. The number of ether oxygens (including phenoxy) is 1. The van der Waals surface area contributed by atoms with Crippen LogP contribution in [0.15, 0.2) is 30.3 Å². The van der Waals surface area contributed by atoms with Gasteiger partial charge in [0.25, 0.3) is 0 Å². The number of aromatic nitrogens is 2. The molecule has 144 valence electrons. The third kappa shape index (κ3) is 5.60. The van der Waals surface area contributed by atoms with Crippen LogP contribution in [-0.4, -0.2) is 46.7 Å². The van der Waals surface area contributed by atoms with Crippen LogP contribution in [0.25, 0.3) is 0 Å². The molecule has 1 fully saturated rings. The Morgan fingerprint density at radius 3 is 2.81 bits per heavy atom. The van der Waals surface area contributed by atoms with E-state index in [0.717, 1.165) is 35.8 Å². The minimum atomic E-state index is -0.311. The largest absolute Gasteiger partial charge is 0.466 e. The third-order valence-electron chi connectivity index (χ3n) is 4.65. The van der Waals surface area contributed by atoms with Crippen molar-refractivity contribution in [3.05, 3.63) is 45.9 Å². The molecular formula is C20H25N3O3S. The molecule has 1 aliphatic rings. The molecule has 7 heteroatoms. The van der Waals surface area contributed by atoms with Crippen LogP contribution in [0.1, 0.15) is 54.1 Å². The van der Waals surface area contributed by atoms with Crippen molar-refractivity contribution in [2.75, 3.05) is 19.7 Å². The summed E-state index contributed by atoms with van der Waals surface area (Å²) in [5.41, 5.74) is 1.22. The number of carbonyl (C=O) groups excluding carboxylic acids is 2. The van der Waals surface area contributed by atoms with Gasteiger partial charge < -0.3 is 9.64 Å². The number of hydrogen-bond acceptors (Lipinski definition) is 6. The van der Waals surface area contributed by atoms with Crippen LogP contribution in [0.3, 0.4) is 0 Å². The fraction of sp³-hybridized carbons (Fsp3) is 0.500. The lowest BCUT2D eigenvalue weighted by Crippen LogP contribution is -2.39. The first-order valence-corrected chi connectivity index (χ1v) is 10.3. The predicted molar refractivity (Wildman–Crippen MR) is 104 cm³/mol. The van der Waals surface area contributed by atoms with Crippen molar-refractivity contribution < 1.29 is 14.3 Å². The molecule has 0 spiro atoms. The lowest BCUT2D eigenvalue weighted by molar-refractivity contribution is -0.145. The Morgan fingerprint density at radius 2 is 2.04 bits per heavy atom.